The molecule has 0 bridgehead atoms. The molecule has 2 N–H and O–H groups in total. The Morgan fingerprint density at radius 3 is 3.10 bits per heavy atom. The molecule has 2 heterocycles. The Bertz CT molecular complexity index is 483. The Morgan fingerprint density at radius 2 is 2.40 bits per heavy atom. The average Bonchev–Trinajstić information content (AvgIpc) is 2.44. The van der Waals surface area contributed by atoms with E-state index in [1.54, 1.807) is 19.2 Å². The highest BCUT2D eigenvalue weighted by Crippen LogP contribution is 2.14. The van der Waals surface area contributed by atoms with E-state index in [-0.39, 0.29) is 17.2 Å². The van der Waals surface area contributed by atoms with Crippen LogP contribution in [0.15, 0.2) is 12.1 Å². The van der Waals surface area contributed by atoms with Crippen LogP contribution in [-0.4, -0.2) is 62.2 Å². The minimum absolute atomic E-state index is 0.0266. The molecule has 1 aromatic heterocycles. The second-order valence-electron chi connectivity index (χ2n) is 4.78. The first-order chi connectivity index (χ1) is 9.58. The first kappa shape index (κ1) is 15.0. The number of nitrogens with one attached hydrogen (secondary N) is 2. The van der Waals surface area contributed by atoms with Gasteiger partial charge in [0.05, 0.1) is 12.7 Å². The van der Waals surface area contributed by atoms with E-state index in [0.717, 1.165) is 13.1 Å². The van der Waals surface area contributed by atoms with Crippen LogP contribution in [0.5, 0.6) is 0 Å². The van der Waals surface area contributed by atoms with Crippen LogP contribution in [0.2, 0.25) is 5.15 Å². The minimum Gasteiger partial charge on any atom is -0.374 e. The van der Waals surface area contributed by atoms with E-state index in [1.165, 1.54) is 0 Å². The first-order valence-electron chi connectivity index (χ1n) is 6.52. The normalized spacial score (nSPS) is 19.6. The SMILES string of the molecule is CNc1cc(C(=O)NCC2CN(C)CCO2)cc(Cl)n1. The summed E-state index contributed by atoms with van der Waals surface area (Å²) in [6, 6.07) is 3.21. The number of hydrogen-bond acceptors (Lipinski definition) is 5. The molecule has 20 heavy (non-hydrogen) atoms. The van der Waals surface area contributed by atoms with Gasteiger partial charge in [-0.3, -0.25) is 4.79 Å². The van der Waals surface area contributed by atoms with E-state index in [0.29, 0.717) is 24.5 Å². The summed E-state index contributed by atoms with van der Waals surface area (Å²) in [5.74, 6) is 0.388. The number of hydrogen-bond donors (Lipinski definition) is 2. The lowest BCUT2D eigenvalue weighted by Gasteiger charge is -2.30. The second-order valence-corrected chi connectivity index (χ2v) is 5.17. The van der Waals surface area contributed by atoms with Crippen molar-refractivity contribution in [2.24, 2.45) is 0 Å². The third kappa shape index (κ3) is 4.06. The van der Waals surface area contributed by atoms with Gasteiger partial charge in [-0.25, -0.2) is 4.98 Å². The first-order valence-corrected chi connectivity index (χ1v) is 6.90. The molecule has 1 aliphatic heterocycles. The van der Waals surface area contributed by atoms with Crippen molar-refractivity contribution < 1.29 is 9.53 Å². The van der Waals surface area contributed by atoms with Gasteiger partial charge in [-0.2, -0.15) is 0 Å². The van der Waals surface area contributed by atoms with Crippen LogP contribution in [0.4, 0.5) is 5.82 Å². The molecule has 7 heteroatoms. The molecule has 110 valence electrons. The zero-order valence-corrected chi connectivity index (χ0v) is 12.4. The van der Waals surface area contributed by atoms with Crippen molar-refractivity contribution in [1.29, 1.82) is 0 Å². The third-order valence-electron chi connectivity index (χ3n) is 3.14. The molecule has 6 nitrogen and oxygen atoms in total. The fourth-order valence-corrected chi connectivity index (χ4v) is 2.26. The molecule has 1 unspecified atom stereocenters. The van der Waals surface area contributed by atoms with Crippen molar-refractivity contribution in [1.82, 2.24) is 15.2 Å². The van der Waals surface area contributed by atoms with Gasteiger partial charge in [0.25, 0.3) is 5.91 Å². The van der Waals surface area contributed by atoms with Gasteiger partial charge in [0.15, 0.2) is 0 Å². The number of carbonyl (C=O) groups excluding carboxylic acids is 1. The van der Waals surface area contributed by atoms with Gasteiger partial charge in [-0.05, 0) is 19.2 Å². The molecule has 0 aromatic carbocycles. The van der Waals surface area contributed by atoms with Crippen LogP contribution in [0.25, 0.3) is 0 Å². The molecule has 1 saturated heterocycles. The summed E-state index contributed by atoms with van der Waals surface area (Å²) in [4.78, 5) is 18.3. The summed E-state index contributed by atoms with van der Waals surface area (Å²) in [7, 11) is 3.77. The molecule has 0 aliphatic carbocycles. The monoisotopic (exact) mass is 298 g/mol. The Morgan fingerprint density at radius 1 is 1.60 bits per heavy atom. The number of ether oxygens (including phenoxy) is 1. The smallest absolute Gasteiger partial charge is 0.251 e. The van der Waals surface area contributed by atoms with Gasteiger partial charge in [-0.15, -0.1) is 0 Å². The Hall–Kier alpha value is -1.37. The molecule has 0 radical (unpaired) electrons. The van der Waals surface area contributed by atoms with Gasteiger partial charge in [-0.1, -0.05) is 11.6 Å². The number of likely N-dealkylation sites (N-methyl/N-ethyl adjacent to an activating group) is 1. The number of amides is 1. The molecule has 1 fully saturated rings. The molecule has 1 aromatic rings. The van der Waals surface area contributed by atoms with E-state index < -0.39 is 0 Å². The number of aromatic nitrogens is 1. The predicted octanol–water partition coefficient (Wildman–Crippen LogP) is 0.837. The quantitative estimate of drug-likeness (QED) is 0.806. The summed E-state index contributed by atoms with van der Waals surface area (Å²) in [6.45, 7) is 2.93. The molecule has 2 rings (SSSR count). The molecule has 1 amide bonds. The second kappa shape index (κ2) is 6.88. The Balaban J connectivity index is 1.93. The number of anilines is 1. The zero-order valence-electron chi connectivity index (χ0n) is 11.6. The molecule has 0 spiro atoms. The lowest BCUT2D eigenvalue weighted by molar-refractivity contribution is -0.0175. The van der Waals surface area contributed by atoms with Crippen molar-refractivity contribution in [3.8, 4) is 0 Å². The van der Waals surface area contributed by atoms with E-state index in [2.05, 4.69) is 20.5 Å². The summed E-state index contributed by atoms with van der Waals surface area (Å²) >= 11 is 5.88. The van der Waals surface area contributed by atoms with Gasteiger partial charge in [0.2, 0.25) is 0 Å². The number of nitrogens with zero attached hydrogens (tertiary/aromatic N) is 2. The average molecular weight is 299 g/mol. The van der Waals surface area contributed by atoms with Crippen LogP contribution < -0.4 is 10.6 Å². The predicted molar refractivity (Wildman–Crippen MR) is 78.4 cm³/mol. The van der Waals surface area contributed by atoms with Crippen molar-refractivity contribution >= 4 is 23.3 Å². The summed E-state index contributed by atoms with van der Waals surface area (Å²) in [5.41, 5.74) is 0.485. The number of halogens is 1. The van der Waals surface area contributed by atoms with Crippen LogP contribution in [0.3, 0.4) is 0 Å². The van der Waals surface area contributed by atoms with Crippen molar-refractivity contribution in [2.75, 3.05) is 45.7 Å². The summed E-state index contributed by atoms with van der Waals surface area (Å²) in [6.07, 6.45) is 0.0266. The summed E-state index contributed by atoms with van der Waals surface area (Å²) < 4.78 is 5.60. The zero-order chi connectivity index (χ0) is 14.5. The molecular weight excluding hydrogens is 280 g/mol. The van der Waals surface area contributed by atoms with E-state index in [4.69, 9.17) is 16.3 Å². The maximum absolute atomic E-state index is 12.1. The molecule has 1 aliphatic rings. The largest absolute Gasteiger partial charge is 0.374 e. The maximum atomic E-state index is 12.1. The van der Waals surface area contributed by atoms with Crippen LogP contribution >= 0.6 is 11.6 Å². The van der Waals surface area contributed by atoms with Gasteiger partial charge < -0.3 is 20.3 Å². The number of carbonyl (C=O) groups is 1. The third-order valence-corrected chi connectivity index (χ3v) is 3.34. The lowest BCUT2D eigenvalue weighted by Crippen LogP contribution is -2.45. The highest BCUT2D eigenvalue weighted by molar-refractivity contribution is 6.29. The van der Waals surface area contributed by atoms with E-state index >= 15 is 0 Å². The van der Waals surface area contributed by atoms with Crippen molar-refractivity contribution in [3.05, 3.63) is 22.8 Å². The fraction of sp³-hybridized carbons (Fsp3) is 0.538. The van der Waals surface area contributed by atoms with Crippen LogP contribution in [-0.2, 0) is 4.74 Å². The standard InChI is InChI=1S/C13H19ClN4O2/c1-15-12-6-9(5-11(14)17-12)13(19)16-7-10-8-18(2)3-4-20-10/h5-6,10H,3-4,7-8H2,1-2H3,(H,15,17)(H,16,19). The number of morpholine rings is 1. The Labute approximate surface area is 123 Å². The topological polar surface area (TPSA) is 66.5 Å². The van der Waals surface area contributed by atoms with Crippen molar-refractivity contribution in [2.45, 2.75) is 6.10 Å². The van der Waals surface area contributed by atoms with Gasteiger partial charge >= 0.3 is 0 Å². The molecule has 0 saturated carbocycles. The maximum Gasteiger partial charge on any atom is 0.251 e. The minimum atomic E-state index is -0.178. The molecule has 1 atom stereocenters. The van der Waals surface area contributed by atoms with E-state index in [9.17, 15) is 4.79 Å². The van der Waals surface area contributed by atoms with Crippen molar-refractivity contribution in [3.63, 3.8) is 0 Å². The Kier molecular flexibility index (Phi) is 5.17. The van der Waals surface area contributed by atoms with Gasteiger partial charge in [0.1, 0.15) is 11.0 Å². The summed E-state index contributed by atoms with van der Waals surface area (Å²) in [5, 5.41) is 6.02. The fourth-order valence-electron chi connectivity index (χ4n) is 2.05. The van der Waals surface area contributed by atoms with Crippen LogP contribution in [0, 0.1) is 0 Å². The van der Waals surface area contributed by atoms with E-state index in [1.807, 2.05) is 7.05 Å². The molecular formula is C13H19ClN4O2. The lowest BCUT2D eigenvalue weighted by atomic mass is 10.2. The highest BCUT2D eigenvalue weighted by Gasteiger charge is 2.18. The van der Waals surface area contributed by atoms with Crippen LogP contribution in [0.1, 0.15) is 10.4 Å². The number of rotatable bonds is 4. The highest BCUT2D eigenvalue weighted by atomic mass is 35.5. The van der Waals surface area contributed by atoms with Gasteiger partial charge in [0, 0.05) is 32.2 Å². The number of pyridine rings is 1.